The molecular weight excluding hydrogens is 1040 g/mol. The molecular formula is C49H54BrCl4N15O. The van der Waals surface area contributed by atoms with Crippen LogP contribution in [-0.4, -0.2) is 148 Å². The molecule has 0 saturated carbocycles. The first-order chi connectivity index (χ1) is 33.9. The Morgan fingerprint density at radius 1 is 0.614 bits per heavy atom. The Kier molecular flexibility index (Phi) is 17.7. The molecule has 9 rings (SSSR count). The first kappa shape index (κ1) is 51.2. The molecule has 21 heteroatoms. The van der Waals surface area contributed by atoms with Crippen molar-refractivity contribution in [2.75, 3.05) is 120 Å². The molecule has 0 unspecified atom stereocenters. The van der Waals surface area contributed by atoms with Gasteiger partial charge in [-0.05, 0) is 101 Å². The van der Waals surface area contributed by atoms with Crippen LogP contribution in [0, 0.1) is 0 Å². The Morgan fingerprint density at radius 3 is 1.57 bits per heavy atom. The molecule has 4 aromatic heterocycles. The number of urea groups is 1. The molecule has 2 fully saturated rings. The van der Waals surface area contributed by atoms with Crippen LogP contribution in [0.15, 0.2) is 89.7 Å². The number of nitrogen functional groups attached to an aromatic ring is 1. The largest absolute Gasteiger partial charge is 0.383 e. The van der Waals surface area contributed by atoms with Gasteiger partial charge in [-0.2, -0.15) is 9.97 Å². The first-order valence-corrected chi connectivity index (χ1v) is 25.3. The normalized spacial score (nSPS) is 14.8. The molecule has 0 bridgehead atoms. The molecule has 0 aliphatic carbocycles. The van der Waals surface area contributed by atoms with E-state index in [0.29, 0.717) is 82.4 Å². The summed E-state index contributed by atoms with van der Waals surface area (Å²) in [7, 11) is 4.33. The molecule has 3 aromatic carbocycles. The van der Waals surface area contributed by atoms with E-state index in [9.17, 15) is 4.79 Å². The summed E-state index contributed by atoms with van der Waals surface area (Å²) in [6, 6.07) is 21.1. The van der Waals surface area contributed by atoms with E-state index >= 15 is 0 Å². The van der Waals surface area contributed by atoms with Gasteiger partial charge in [-0.3, -0.25) is 5.32 Å². The number of anilines is 5. The predicted molar refractivity (Wildman–Crippen MR) is 291 cm³/mol. The zero-order valence-electron chi connectivity index (χ0n) is 38.8. The quantitative estimate of drug-likeness (QED) is 0.0649. The zero-order valence-corrected chi connectivity index (χ0v) is 43.4. The van der Waals surface area contributed by atoms with Gasteiger partial charge in [0.15, 0.2) is 11.3 Å². The fourth-order valence-electron chi connectivity index (χ4n) is 8.06. The van der Waals surface area contributed by atoms with Gasteiger partial charge in [-0.25, -0.2) is 24.7 Å². The number of carbonyl (C=O) groups is 1. The molecule has 366 valence electrons. The molecule has 0 spiro atoms. The highest BCUT2D eigenvalue weighted by Crippen LogP contribution is 2.40. The number of nitrogens with two attached hydrogens (primary N) is 1. The Labute approximate surface area is 435 Å². The Morgan fingerprint density at radius 2 is 1.07 bits per heavy atom. The third-order valence-electron chi connectivity index (χ3n) is 12.0. The van der Waals surface area contributed by atoms with Crippen molar-refractivity contribution in [3.63, 3.8) is 0 Å². The predicted octanol–water partition coefficient (Wildman–Crippen LogP) is 10.1. The molecule has 2 aliphatic rings. The molecule has 70 heavy (non-hydrogen) atoms. The van der Waals surface area contributed by atoms with Gasteiger partial charge in [0.2, 0.25) is 11.9 Å². The maximum Gasteiger partial charge on any atom is 0.324 e. The summed E-state index contributed by atoms with van der Waals surface area (Å²) < 4.78 is 0.911. The molecule has 0 radical (unpaired) electrons. The second kappa shape index (κ2) is 24.3. The number of nitrogens with zero attached hydrogens (tertiary/aromatic N) is 10. The van der Waals surface area contributed by atoms with Gasteiger partial charge in [0.05, 0.1) is 20.1 Å². The topological polar surface area (TPSA) is 182 Å². The third-order valence-corrected chi connectivity index (χ3v) is 13.8. The van der Waals surface area contributed by atoms with Crippen LogP contribution >= 0.6 is 62.3 Å². The number of fused-ring (bicyclic) bond motifs is 2. The molecule has 2 amide bonds. The number of rotatable bonds is 14. The summed E-state index contributed by atoms with van der Waals surface area (Å²) in [6.45, 7) is 12.6. The maximum absolute atomic E-state index is 13.0. The van der Waals surface area contributed by atoms with Crippen LogP contribution in [0.1, 0.15) is 12.8 Å². The summed E-state index contributed by atoms with van der Waals surface area (Å²) >= 11 is 29.1. The van der Waals surface area contributed by atoms with Gasteiger partial charge in [0.25, 0.3) is 0 Å². The number of benzene rings is 3. The lowest BCUT2D eigenvalue weighted by atomic mass is 10.0. The number of likely N-dealkylation sites (N-methyl/N-ethyl adjacent to an activating group) is 2. The fourth-order valence-corrected chi connectivity index (χ4v) is 9.53. The number of pyridine rings is 2. The summed E-state index contributed by atoms with van der Waals surface area (Å²) in [5, 5.41) is 15.6. The SMILES string of the molecule is CN1CCN(CCCNc2ncc3cc(-c4c(Cl)cccc4Cl)c(N)nc3n2)CC1.CN1CCN(CCCNc2ncc3cc(-c4c(Cl)cccc4Cl)c(NC(=O)Nc4ccc(Br)cc4)nc3n2)CC1. The van der Waals surface area contributed by atoms with Crippen molar-refractivity contribution in [1.82, 2.24) is 49.5 Å². The van der Waals surface area contributed by atoms with Crippen LogP contribution in [0.3, 0.4) is 0 Å². The van der Waals surface area contributed by atoms with E-state index in [-0.39, 0.29) is 5.82 Å². The highest BCUT2D eigenvalue weighted by molar-refractivity contribution is 9.10. The molecule has 7 aromatic rings. The summed E-state index contributed by atoms with van der Waals surface area (Å²) in [5.41, 5.74) is 10.3. The van der Waals surface area contributed by atoms with Crippen LogP contribution in [0.4, 0.5) is 34.0 Å². The molecule has 2 saturated heterocycles. The van der Waals surface area contributed by atoms with Crippen molar-refractivity contribution in [3.8, 4) is 22.3 Å². The number of piperazine rings is 2. The second-order valence-corrected chi connectivity index (χ2v) is 19.7. The number of amides is 2. The molecule has 16 nitrogen and oxygen atoms in total. The minimum absolute atomic E-state index is 0.275. The average molecular weight is 1090 g/mol. The van der Waals surface area contributed by atoms with Gasteiger partial charge in [0.1, 0.15) is 11.6 Å². The van der Waals surface area contributed by atoms with Crippen molar-refractivity contribution in [3.05, 3.63) is 110 Å². The minimum atomic E-state index is -0.463. The third kappa shape index (κ3) is 13.6. The second-order valence-electron chi connectivity index (χ2n) is 17.1. The van der Waals surface area contributed by atoms with Crippen LogP contribution in [0.2, 0.25) is 20.1 Å². The van der Waals surface area contributed by atoms with E-state index < -0.39 is 6.03 Å². The smallest absolute Gasteiger partial charge is 0.324 e. The van der Waals surface area contributed by atoms with Crippen molar-refractivity contribution >= 4 is 120 Å². The number of hydrogen-bond acceptors (Lipinski definition) is 14. The van der Waals surface area contributed by atoms with E-state index in [2.05, 4.69) is 95.8 Å². The number of aromatic nitrogens is 6. The van der Waals surface area contributed by atoms with E-state index in [1.54, 1.807) is 60.9 Å². The maximum atomic E-state index is 13.0. The summed E-state index contributed by atoms with van der Waals surface area (Å²) in [5.74, 6) is 1.64. The number of carbonyl (C=O) groups excluding carboxylic acids is 1. The van der Waals surface area contributed by atoms with Crippen molar-refractivity contribution < 1.29 is 4.79 Å². The lowest BCUT2D eigenvalue weighted by Gasteiger charge is -2.32. The van der Waals surface area contributed by atoms with Gasteiger partial charge in [0, 0.05) is 121 Å². The molecule has 6 heterocycles. The van der Waals surface area contributed by atoms with Crippen LogP contribution in [-0.2, 0) is 0 Å². The van der Waals surface area contributed by atoms with Gasteiger partial charge < -0.3 is 41.3 Å². The zero-order chi connectivity index (χ0) is 49.1. The van der Waals surface area contributed by atoms with Gasteiger partial charge in [-0.15, -0.1) is 0 Å². The van der Waals surface area contributed by atoms with E-state index in [1.165, 1.54) is 0 Å². The Balaban J connectivity index is 0.000000196. The highest BCUT2D eigenvalue weighted by Gasteiger charge is 2.20. The standard InChI is InChI=1S/C28H29BrCl2N8O.C21H25Cl2N7/c1-38-12-14-39(15-13-38)11-3-10-32-27-33-17-18-16-21(24-22(30)4-2-5-23(24)31)26(35-25(18)36-27)37-28(40)34-20-8-6-19(29)7-9-20;1-29-8-10-30(11-9-29)7-3-6-25-21-26-13-14-12-15(19(24)27-20(14)28-21)18-16(22)4-2-5-17(18)23/h2,4-9,16-17H,3,10-15H2,1H3,(H3,32,33,34,35,36,37,40);2,4-5,12-13H,3,6-11H2,1H3,(H3,24,25,26,27,28). The highest BCUT2D eigenvalue weighted by atomic mass is 79.9. The first-order valence-electron chi connectivity index (χ1n) is 23.0. The van der Waals surface area contributed by atoms with E-state index in [4.69, 9.17) is 57.1 Å². The average Bonchev–Trinajstić information content (AvgIpc) is 3.34. The fraction of sp³-hybridized carbons (Fsp3) is 0.327. The van der Waals surface area contributed by atoms with Gasteiger partial charge in [-0.1, -0.05) is 74.5 Å². The minimum Gasteiger partial charge on any atom is -0.383 e. The van der Waals surface area contributed by atoms with E-state index in [0.717, 1.165) is 101 Å². The lowest BCUT2D eigenvalue weighted by Crippen LogP contribution is -2.44. The number of hydrogen-bond donors (Lipinski definition) is 5. The van der Waals surface area contributed by atoms with Crippen LogP contribution in [0.5, 0.6) is 0 Å². The summed E-state index contributed by atoms with van der Waals surface area (Å²) in [4.78, 5) is 49.8. The molecule has 2 aliphatic heterocycles. The van der Waals surface area contributed by atoms with Crippen LogP contribution < -0.4 is 27.0 Å². The molecule has 0 atom stereocenters. The van der Waals surface area contributed by atoms with Crippen LogP contribution in [0.25, 0.3) is 44.3 Å². The van der Waals surface area contributed by atoms with E-state index in [1.807, 2.05) is 24.3 Å². The molecule has 6 N–H and O–H groups in total. The Bertz CT molecular complexity index is 2880. The summed E-state index contributed by atoms with van der Waals surface area (Å²) in [6.07, 6.45) is 5.46. The monoisotopic (exact) mass is 1090 g/mol. The number of halogens is 5. The lowest BCUT2D eigenvalue weighted by molar-refractivity contribution is 0.154. The van der Waals surface area contributed by atoms with Crippen molar-refractivity contribution in [2.24, 2.45) is 0 Å². The van der Waals surface area contributed by atoms with Crippen molar-refractivity contribution in [2.45, 2.75) is 12.8 Å². The Hall–Kier alpha value is -5.21. The number of nitrogens with one attached hydrogen (secondary N) is 4. The van der Waals surface area contributed by atoms with Gasteiger partial charge >= 0.3 is 6.03 Å². The van der Waals surface area contributed by atoms with Crippen molar-refractivity contribution in [1.29, 1.82) is 0 Å².